The van der Waals surface area contributed by atoms with Crippen molar-refractivity contribution in [3.63, 3.8) is 0 Å². The second-order valence-corrected chi connectivity index (χ2v) is 14.2. The molecule has 11 nitrogen and oxygen atoms in total. The summed E-state index contributed by atoms with van der Waals surface area (Å²) in [4.78, 5) is 61.1. The predicted octanol–water partition coefficient (Wildman–Crippen LogP) is 3.19. The molecule has 5 rings (SSSR count). The number of carbonyl (C=O) groups is 4. The Hall–Kier alpha value is -4.45. The third-order valence-electron chi connectivity index (χ3n) is 9.37. The minimum atomic E-state index is -1.01. The highest BCUT2D eigenvalue weighted by Crippen LogP contribution is 2.29. The van der Waals surface area contributed by atoms with E-state index >= 15 is 0 Å². The summed E-state index contributed by atoms with van der Waals surface area (Å²) >= 11 is 0. The predicted molar refractivity (Wildman–Crippen MR) is 194 cm³/mol. The second-order valence-electron chi connectivity index (χ2n) is 14.2. The zero-order valence-corrected chi connectivity index (χ0v) is 29.9. The van der Waals surface area contributed by atoms with Crippen molar-refractivity contribution in [2.24, 2.45) is 5.92 Å². The van der Waals surface area contributed by atoms with Crippen LogP contribution in [0.15, 0.2) is 79.1 Å². The molecule has 4 atom stereocenters. The van der Waals surface area contributed by atoms with Gasteiger partial charge < -0.3 is 25.4 Å². The minimum Gasteiger partial charge on any atom is -0.379 e. The summed E-state index contributed by atoms with van der Waals surface area (Å²) < 4.78 is 10.9. The van der Waals surface area contributed by atoms with Crippen molar-refractivity contribution in [2.45, 2.75) is 83.1 Å². The van der Waals surface area contributed by atoms with E-state index in [2.05, 4.69) is 25.8 Å². The van der Waals surface area contributed by atoms with Gasteiger partial charge in [0.2, 0.25) is 17.7 Å². The molecule has 3 N–H and O–H groups in total. The van der Waals surface area contributed by atoms with E-state index in [1.165, 1.54) is 0 Å². The summed E-state index contributed by atoms with van der Waals surface area (Å²) in [5, 5.41) is 8.80. The van der Waals surface area contributed by atoms with Crippen molar-refractivity contribution in [2.75, 3.05) is 32.9 Å². The molecular formula is C40H51N5O6. The lowest BCUT2D eigenvalue weighted by atomic mass is 9.93. The average molecular weight is 698 g/mol. The molecule has 51 heavy (non-hydrogen) atoms. The van der Waals surface area contributed by atoms with Gasteiger partial charge >= 0.3 is 0 Å². The summed E-state index contributed by atoms with van der Waals surface area (Å²) in [5.74, 6) is -1.29. The van der Waals surface area contributed by atoms with Crippen LogP contribution in [0.5, 0.6) is 0 Å². The number of ether oxygens (including phenoxy) is 2. The number of Topliss-reactive ketones (excluding diaryl/α,β-unsaturated/α-hetero) is 1. The second kappa shape index (κ2) is 18.2. The number of nitrogens with zero attached hydrogens (tertiary/aromatic N) is 2. The summed E-state index contributed by atoms with van der Waals surface area (Å²) in [6.07, 6.45) is 4.83. The van der Waals surface area contributed by atoms with E-state index < -0.39 is 35.5 Å². The molecule has 0 bridgehead atoms. The van der Waals surface area contributed by atoms with Crippen molar-refractivity contribution in [1.29, 1.82) is 0 Å². The molecule has 2 saturated heterocycles. The number of aromatic nitrogens is 1. The highest BCUT2D eigenvalue weighted by molar-refractivity contribution is 5.98. The molecule has 0 radical (unpaired) electrons. The van der Waals surface area contributed by atoms with E-state index in [-0.39, 0.29) is 30.4 Å². The first kappa shape index (κ1) is 37.8. The Morgan fingerprint density at radius 3 is 2.06 bits per heavy atom. The van der Waals surface area contributed by atoms with E-state index in [1.54, 1.807) is 31.5 Å². The van der Waals surface area contributed by atoms with E-state index in [9.17, 15) is 19.2 Å². The maximum atomic E-state index is 14.0. The Bertz CT molecular complexity index is 1590. The van der Waals surface area contributed by atoms with Crippen molar-refractivity contribution in [3.8, 4) is 0 Å². The largest absolute Gasteiger partial charge is 0.379 e. The Morgan fingerprint density at radius 2 is 1.41 bits per heavy atom. The number of ketones is 1. The quantitative estimate of drug-likeness (QED) is 0.172. The molecule has 0 spiro atoms. The van der Waals surface area contributed by atoms with Gasteiger partial charge in [-0.25, -0.2) is 0 Å². The van der Waals surface area contributed by atoms with Crippen molar-refractivity contribution in [3.05, 3.63) is 101 Å². The van der Waals surface area contributed by atoms with Gasteiger partial charge in [0, 0.05) is 38.4 Å². The average Bonchev–Trinajstić information content (AvgIpc) is 3.89. The molecule has 0 saturated carbocycles. The third-order valence-corrected chi connectivity index (χ3v) is 9.37. The Labute approximate surface area is 300 Å². The number of epoxide rings is 1. The zero-order chi connectivity index (χ0) is 36.2. The number of pyridine rings is 1. The number of amides is 3. The number of nitrogens with one attached hydrogen (secondary N) is 3. The van der Waals surface area contributed by atoms with Gasteiger partial charge in [-0.1, -0.05) is 68.4 Å². The molecule has 0 aliphatic carbocycles. The molecule has 3 amide bonds. The molecule has 2 aliphatic heterocycles. The molecule has 11 heteroatoms. The summed E-state index contributed by atoms with van der Waals surface area (Å²) in [7, 11) is 0. The fourth-order valence-corrected chi connectivity index (χ4v) is 6.27. The highest BCUT2D eigenvalue weighted by atomic mass is 16.6. The third kappa shape index (κ3) is 11.8. The Morgan fingerprint density at radius 1 is 0.784 bits per heavy atom. The van der Waals surface area contributed by atoms with Crippen LogP contribution in [0, 0.1) is 5.92 Å². The standard InChI is InChI=1S/C40H51N5O6/c1-28(2)23-34(37(47)40(3)27-51-40)43-39(49)35(24-31-15-17-41-18-16-31)44-38(48)33(14-13-29-7-5-4-6-8-29)42-36(46)25-30-9-11-32(12-10-30)26-45-19-21-50-22-20-45/h4-12,15-18,28,33-35H,13-14,19-27H2,1-3H3,(H,42,46)(H,43,49)(H,44,48)/t33-,34-,35-,40+/m0/s1. The van der Waals surface area contributed by atoms with Gasteiger partial charge in [0.1, 0.15) is 17.7 Å². The van der Waals surface area contributed by atoms with Gasteiger partial charge in [0.25, 0.3) is 0 Å². The van der Waals surface area contributed by atoms with E-state index in [4.69, 9.17) is 9.47 Å². The molecule has 1 aromatic heterocycles. The van der Waals surface area contributed by atoms with Crippen LogP contribution in [0.25, 0.3) is 0 Å². The van der Waals surface area contributed by atoms with E-state index in [1.807, 2.05) is 68.4 Å². The number of carbonyl (C=O) groups excluding carboxylic acids is 4. The number of benzene rings is 2. The van der Waals surface area contributed by atoms with Crippen LogP contribution in [0.3, 0.4) is 0 Å². The van der Waals surface area contributed by atoms with E-state index in [0.717, 1.165) is 55.1 Å². The lowest BCUT2D eigenvalue weighted by Gasteiger charge is -2.27. The first-order valence-corrected chi connectivity index (χ1v) is 18.0. The fraction of sp³-hybridized carbons (Fsp3) is 0.475. The lowest BCUT2D eigenvalue weighted by molar-refractivity contribution is -0.134. The van der Waals surface area contributed by atoms with Crippen LogP contribution in [0.2, 0.25) is 0 Å². The Balaban J connectivity index is 1.29. The molecule has 2 fully saturated rings. The maximum Gasteiger partial charge on any atom is 0.243 e. The first-order valence-electron chi connectivity index (χ1n) is 18.0. The van der Waals surface area contributed by atoms with Crippen LogP contribution in [0.1, 0.15) is 55.9 Å². The van der Waals surface area contributed by atoms with Gasteiger partial charge in [-0.2, -0.15) is 0 Å². The van der Waals surface area contributed by atoms with Gasteiger partial charge in [-0.05, 0) is 66.5 Å². The minimum absolute atomic E-state index is 0.105. The summed E-state index contributed by atoms with van der Waals surface area (Å²) in [5.41, 5.74) is 2.90. The summed E-state index contributed by atoms with van der Waals surface area (Å²) in [6.45, 7) is 10.1. The van der Waals surface area contributed by atoms with Crippen LogP contribution in [-0.4, -0.2) is 90.0 Å². The number of aryl methyl sites for hydroxylation is 1. The monoisotopic (exact) mass is 697 g/mol. The van der Waals surface area contributed by atoms with E-state index in [0.29, 0.717) is 25.9 Å². The van der Waals surface area contributed by atoms with Gasteiger partial charge in [0.05, 0.1) is 32.3 Å². The Kier molecular flexibility index (Phi) is 13.5. The van der Waals surface area contributed by atoms with Crippen molar-refractivity contribution >= 4 is 23.5 Å². The maximum absolute atomic E-state index is 14.0. The van der Waals surface area contributed by atoms with Crippen LogP contribution in [0.4, 0.5) is 0 Å². The molecule has 272 valence electrons. The molecule has 0 unspecified atom stereocenters. The molecule has 2 aromatic carbocycles. The number of rotatable bonds is 18. The number of morpholine rings is 1. The molecule has 3 heterocycles. The fourth-order valence-electron chi connectivity index (χ4n) is 6.27. The molecule has 2 aliphatic rings. The summed E-state index contributed by atoms with van der Waals surface area (Å²) in [6, 6.07) is 18.6. The number of hydrogen-bond donors (Lipinski definition) is 3. The van der Waals surface area contributed by atoms with Crippen LogP contribution >= 0.6 is 0 Å². The van der Waals surface area contributed by atoms with Crippen LogP contribution in [-0.2, 0) is 54.5 Å². The van der Waals surface area contributed by atoms with Gasteiger partial charge in [-0.15, -0.1) is 0 Å². The van der Waals surface area contributed by atoms with Crippen LogP contribution < -0.4 is 16.0 Å². The topological polar surface area (TPSA) is 142 Å². The highest BCUT2D eigenvalue weighted by Gasteiger charge is 2.50. The molecule has 3 aromatic rings. The first-order chi connectivity index (χ1) is 24.6. The normalized spacial score (nSPS) is 19.1. The zero-order valence-electron chi connectivity index (χ0n) is 29.9. The number of hydrogen-bond acceptors (Lipinski definition) is 8. The van der Waals surface area contributed by atoms with Gasteiger partial charge in [0.15, 0.2) is 5.78 Å². The van der Waals surface area contributed by atoms with Gasteiger partial charge in [-0.3, -0.25) is 29.1 Å². The smallest absolute Gasteiger partial charge is 0.243 e. The lowest BCUT2D eigenvalue weighted by Crippen LogP contribution is -2.57. The molecular weight excluding hydrogens is 646 g/mol. The van der Waals surface area contributed by atoms with Crippen molar-refractivity contribution < 1.29 is 28.7 Å². The SMILES string of the molecule is CC(C)C[C@H](NC(=O)[C@H](Cc1ccncc1)NC(=O)[C@H](CCc1ccccc1)NC(=O)Cc1ccc(CN2CCOCC2)cc1)C(=O)[C@@]1(C)CO1. The van der Waals surface area contributed by atoms with Crippen molar-refractivity contribution in [1.82, 2.24) is 25.8 Å².